The van der Waals surface area contributed by atoms with Gasteiger partial charge in [-0.05, 0) is 42.7 Å². The van der Waals surface area contributed by atoms with Crippen LogP contribution in [0.1, 0.15) is 33.1 Å². The maximum Gasteiger partial charge on any atom is 0.234 e. The van der Waals surface area contributed by atoms with Crippen LogP contribution in [0.25, 0.3) is 0 Å². The maximum atomic E-state index is 13.1. The number of benzene rings is 1. The van der Waals surface area contributed by atoms with Crippen LogP contribution >= 0.6 is 0 Å². The summed E-state index contributed by atoms with van der Waals surface area (Å²) in [5.74, 6) is 1.90. The molecule has 2 aliphatic carbocycles. The molecule has 1 aromatic carbocycles. The molecule has 2 unspecified atom stereocenters. The highest BCUT2D eigenvalue weighted by Gasteiger charge is 2.60. The number of fused-ring (bicyclic) bond motifs is 2. The molecule has 3 rings (SSSR count). The first kappa shape index (κ1) is 15.9. The van der Waals surface area contributed by atoms with E-state index in [2.05, 4.69) is 25.7 Å². The molecule has 0 aliphatic heterocycles. The van der Waals surface area contributed by atoms with Crippen molar-refractivity contribution in [1.29, 1.82) is 0 Å². The largest absolute Gasteiger partial charge is 0.497 e. The number of methoxy groups -OCH3 is 2. The van der Waals surface area contributed by atoms with Crippen molar-refractivity contribution in [3.63, 3.8) is 0 Å². The smallest absolute Gasteiger partial charge is 0.234 e. The molecule has 1 amide bonds. The summed E-state index contributed by atoms with van der Waals surface area (Å²) < 4.78 is 10.6. The van der Waals surface area contributed by atoms with Gasteiger partial charge in [-0.15, -0.1) is 0 Å². The van der Waals surface area contributed by atoms with E-state index in [4.69, 9.17) is 9.47 Å². The first-order valence-corrected chi connectivity index (χ1v) is 8.08. The van der Waals surface area contributed by atoms with Gasteiger partial charge in [0.15, 0.2) is 0 Å². The summed E-state index contributed by atoms with van der Waals surface area (Å²) in [7, 11) is 3.20. The summed E-state index contributed by atoms with van der Waals surface area (Å²) in [5.41, 5.74) is 1.31. The molecule has 2 fully saturated rings. The fourth-order valence-corrected chi connectivity index (χ4v) is 4.30. The third-order valence-electron chi connectivity index (χ3n) is 5.98. The average molecular weight is 315 g/mol. The predicted octanol–water partition coefficient (Wildman–Crippen LogP) is 4.02. The van der Waals surface area contributed by atoms with E-state index in [9.17, 15) is 4.79 Å². The van der Waals surface area contributed by atoms with Crippen LogP contribution in [0.5, 0.6) is 11.5 Å². The Hall–Kier alpha value is -1.97. The van der Waals surface area contributed by atoms with Gasteiger partial charge in [-0.1, -0.05) is 26.0 Å². The van der Waals surface area contributed by atoms with Gasteiger partial charge in [0.05, 0.1) is 25.3 Å². The summed E-state index contributed by atoms with van der Waals surface area (Å²) in [6.07, 6.45) is 2.88. The van der Waals surface area contributed by atoms with Gasteiger partial charge in [-0.25, -0.2) is 0 Å². The molecule has 0 aromatic heterocycles. The van der Waals surface area contributed by atoms with Gasteiger partial charge in [-0.3, -0.25) is 4.79 Å². The van der Waals surface area contributed by atoms with Crippen molar-refractivity contribution in [3.05, 3.63) is 30.4 Å². The van der Waals surface area contributed by atoms with Crippen molar-refractivity contribution in [2.75, 3.05) is 19.5 Å². The van der Waals surface area contributed by atoms with E-state index < -0.39 is 5.41 Å². The van der Waals surface area contributed by atoms with E-state index in [1.54, 1.807) is 26.4 Å². The quantitative estimate of drug-likeness (QED) is 0.854. The Balaban J connectivity index is 1.90. The normalized spacial score (nSPS) is 27.8. The van der Waals surface area contributed by atoms with Crippen molar-refractivity contribution in [2.45, 2.75) is 33.1 Å². The molecule has 0 radical (unpaired) electrons. The van der Waals surface area contributed by atoms with E-state index in [-0.39, 0.29) is 11.3 Å². The van der Waals surface area contributed by atoms with Crippen molar-refractivity contribution in [1.82, 2.24) is 0 Å². The monoisotopic (exact) mass is 315 g/mol. The lowest BCUT2D eigenvalue weighted by Crippen LogP contribution is -2.37. The van der Waals surface area contributed by atoms with Gasteiger partial charge in [0.25, 0.3) is 0 Å². The predicted molar refractivity (Wildman–Crippen MR) is 90.9 cm³/mol. The van der Waals surface area contributed by atoms with E-state index in [0.29, 0.717) is 23.1 Å². The van der Waals surface area contributed by atoms with E-state index in [1.165, 1.54) is 0 Å². The fourth-order valence-electron chi connectivity index (χ4n) is 4.30. The van der Waals surface area contributed by atoms with Crippen molar-refractivity contribution < 1.29 is 14.3 Å². The minimum Gasteiger partial charge on any atom is -0.497 e. The third-order valence-corrected chi connectivity index (χ3v) is 5.98. The number of rotatable bonds is 4. The lowest BCUT2D eigenvalue weighted by molar-refractivity contribution is -0.123. The number of hydrogen-bond acceptors (Lipinski definition) is 3. The van der Waals surface area contributed by atoms with E-state index in [0.717, 1.165) is 24.8 Å². The number of anilines is 1. The van der Waals surface area contributed by atoms with Gasteiger partial charge in [-0.2, -0.15) is 0 Å². The molecule has 0 saturated heterocycles. The van der Waals surface area contributed by atoms with Crippen LogP contribution in [-0.2, 0) is 4.79 Å². The highest BCUT2D eigenvalue weighted by atomic mass is 16.5. The third kappa shape index (κ3) is 2.23. The van der Waals surface area contributed by atoms with E-state index in [1.807, 2.05) is 6.07 Å². The standard InChI is InChI=1S/C19H25NO3/c1-12-18(2,3)13-8-9-19(12,11-13)17(21)20-15-10-14(22-4)6-7-16(15)23-5/h6-7,10,13H,1,8-9,11H2,2-5H3,(H,20,21). The zero-order valence-corrected chi connectivity index (χ0v) is 14.4. The Kier molecular flexibility index (Phi) is 3.66. The highest BCUT2D eigenvalue weighted by molar-refractivity contribution is 5.99. The Labute approximate surface area is 137 Å². The van der Waals surface area contributed by atoms with E-state index >= 15 is 0 Å². The van der Waals surface area contributed by atoms with Crippen LogP contribution in [0, 0.1) is 16.7 Å². The molecule has 4 nitrogen and oxygen atoms in total. The molecule has 2 aliphatic rings. The second kappa shape index (κ2) is 5.29. The second-order valence-corrected chi connectivity index (χ2v) is 7.24. The number of amides is 1. The zero-order chi connectivity index (χ0) is 16.8. The highest BCUT2D eigenvalue weighted by Crippen LogP contribution is 2.65. The molecule has 0 heterocycles. The summed E-state index contributed by atoms with van der Waals surface area (Å²) in [6.45, 7) is 8.70. The summed E-state index contributed by atoms with van der Waals surface area (Å²) >= 11 is 0. The molecule has 0 spiro atoms. The summed E-state index contributed by atoms with van der Waals surface area (Å²) in [5, 5.41) is 3.06. The number of carbonyl (C=O) groups excluding carboxylic acids is 1. The average Bonchev–Trinajstić information content (AvgIpc) is 3.07. The fraction of sp³-hybridized carbons (Fsp3) is 0.526. The van der Waals surface area contributed by atoms with Crippen LogP contribution in [0.15, 0.2) is 30.4 Å². The van der Waals surface area contributed by atoms with Crippen LogP contribution in [0.2, 0.25) is 0 Å². The summed E-state index contributed by atoms with van der Waals surface area (Å²) in [4.78, 5) is 13.1. The van der Waals surface area contributed by atoms with Gasteiger partial charge < -0.3 is 14.8 Å². The summed E-state index contributed by atoms with van der Waals surface area (Å²) in [6, 6.07) is 5.41. The number of nitrogens with one attached hydrogen (secondary N) is 1. The SMILES string of the molecule is C=C1C2(C(=O)Nc3cc(OC)ccc3OC)CCC(C2)C1(C)C. The van der Waals surface area contributed by atoms with Crippen LogP contribution in [0.4, 0.5) is 5.69 Å². The minimum atomic E-state index is -0.442. The van der Waals surface area contributed by atoms with Crippen LogP contribution in [-0.4, -0.2) is 20.1 Å². The minimum absolute atomic E-state index is 0.0297. The van der Waals surface area contributed by atoms with Gasteiger partial charge in [0, 0.05) is 6.07 Å². The first-order valence-electron chi connectivity index (χ1n) is 8.08. The van der Waals surface area contributed by atoms with Crippen molar-refractivity contribution >= 4 is 11.6 Å². The Morgan fingerprint density at radius 1 is 1.30 bits per heavy atom. The first-order chi connectivity index (χ1) is 10.8. The molecular weight excluding hydrogens is 290 g/mol. The molecule has 124 valence electrons. The second-order valence-electron chi connectivity index (χ2n) is 7.24. The zero-order valence-electron chi connectivity index (χ0n) is 14.4. The van der Waals surface area contributed by atoms with Crippen LogP contribution in [0.3, 0.4) is 0 Å². The molecule has 1 N–H and O–H groups in total. The van der Waals surface area contributed by atoms with Gasteiger partial charge in [0.1, 0.15) is 11.5 Å². The maximum absolute atomic E-state index is 13.1. The molecular formula is C19H25NO3. The molecule has 1 aromatic rings. The number of hydrogen-bond donors (Lipinski definition) is 1. The number of ether oxygens (including phenoxy) is 2. The lowest BCUT2D eigenvalue weighted by atomic mass is 9.68. The number of carbonyl (C=O) groups is 1. The van der Waals surface area contributed by atoms with Gasteiger partial charge in [0.2, 0.25) is 5.91 Å². The Morgan fingerprint density at radius 3 is 2.61 bits per heavy atom. The molecule has 4 heteroatoms. The van der Waals surface area contributed by atoms with Gasteiger partial charge >= 0.3 is 0 Å². The lowest BCUT2D eigenvalue weighted by Gasteiger charge is -2.37. The molecule has 2 atom stereocenters. The Morgan fingerprint density at radius 2 is 2.04 bits per heavy atom. The van der Waals surface area contributed by atoms with Crippen molar-refractivity contribution in [2.24, 2.45) is 16.7 Å². The molecule has 2 saturated carbocycles. The topological polar surface area (TPSA) is 47.6 Å². The molecule has 23 heavy (non-hydrogen) atoms. The van der Waals surface area contributed by atoms with Crippen molar-refractivity contribution in [3.8, 4) is 11.5 Å². The Bertz CT molecular complexity index is 665. The van der Waals surface area contributed by atoms with Crippen LogP contribution < -0.4 is 14.8 Å². The molecule has 2 bridgehead atoms.